The van der Waals surface area contributed by atoms with E-state index < -0.39 is 0 Å². The minimum absolute atomic E-state index is 0.251. The number of aliphatic hydroxyl groups is 2. The van der Waals surface area contributed by atoms with Crippen LogP contribution in [0.15, 0.2) is 48.1 Å². The van der Waals surface area contributed by atoms with Crippen molar-refractivity contribution in [1.29, 1.82) is 0 Å². The van der Waals surface area contributed by atoms with E-state index in [0.717, 1.165) is 30.4 Å². The molecule has 0 heterocycles. The molecular formula is C21H34O2. The molecule has 2 nitrogen and oxygen atoms in total. The average molecular weight is 319 g/mol. The summed E-state index contributed by atoms with van der Waals surface area (Å²) >= 11 is 0. The van der Waals surface area contributed by atoms with Crippen LogP contribution in [0, 0.1) is 11.8 Å². The van der Waals surface area contributed by atoms with E-state index in [-0.39, 0.29) is 12.2 Å². The average Bonchev–Trinajstić information content (AvgIpc) is 3.29. The molecule has 1 aliphatic rings. The fourth-order valence-electron chi connectivity index (χ4n) is 2.76. The van der Waals surface area contributed by atoms with Gasteiger partial charge < -0.3 is 10.2 Å². The highest BCUT2D eigenvalue weighted by Crippen LogP contribution is 2.40. The second-order valence-corrected chi connectivity index (χ2v) is 6.84. The minimum Gasteiger partial charge on any atom is -0.393 e. The topological polar surface area (TPSA) is 40.5 Å². The van der Waals surface area contributed by atoms with Gasteiger partial charge in [-0.05, 0) is 68.9 Å². The first kappa shape index (κ1) is 19.9. The maximum atomic E-state index is 9.98. The Labute approximate surface area is 142 Å². The molecule has 1 fully saturated rings. The van der Waals surface area contributed by atoms with E-state index in [1.165, 1.54) is 12.8 Å². The van der Waals surface area contributed by atoms with Crippen LogP contribution in [0.2, 0.25) is 0 Å². The van der Waals surface area contributed by atoms with Gasteiger partial charge in [0.05, 0.1) is 12.2 Å². The molecule has 0 radical (unpaired) electrons. The summed E-state index contributed by atoms with van der Waals surface area (Å²) in [6.45, 7) is 10.0. The summed E-state index contributed by atoms with van der Waals surface area (Å²) in [7, 11) is 0. The number of rotatable bonds is 11. The number of aliphatic hydroxyl groups excluding tert-OH is 2. The van der Waals surface area contributed by atoms with Gasteiger partial charge in [0.1, 0.15) is 0 Å². The SMILES string of the molecule is C=C(/C=C\CC(C)O)C(/C=C\CCC)=C/CC(C(C)O)C1CC1. The van der Waals surface area contributed by atoms with Crippen molar-refractivity contribution in [3.8, 4) is 0 Å². The van der Waals surface area contributed by atoms with Crippen molar-refractivity contribution in [3.05, 3.63) is 48.1 Å². The van der Waals surface area contributed by atoms with Crippen LogP contribution < -0.4 is 0 Å². The fourth-order valence-corrected chi connectivity index (χ4v) is 2.76. The van der Waals surface area contributed by atoms with Crippen LogP contribution in [0.3, 0.4) is 0 Å². The van der Waals surface area contributed by atoms with Gasteiger partial charge in [-0.25, -0.2) is 0 Å². The quantitative estimate of drug-likeness (QED) is 0.529. The summed E-state index contributed by atoms with van der Waals surface area (Å²) in [5.74, 6) is 1.05. The second-order valence-electron chi connectivity index (χ2n) is 6.84. The Morgan fingerprint density at radius 3 is 2.35 bits per heavy atom. The molecule has 0 aromatic rings. The van der Waals surface area contributed by atoms with E-state index in [1.54, 1.807) is 6.92 Å². The maximum absolute atomic E-state index is 9.98. The Kier molecular flexibility index (Phi) is 9.20. The lowest BCUT2D eigenvalue weighted by Crippen LogP contribution is -2.18. The van der Waals surface area contributed by atoms with Gasteiger partial charge >= 0.3 is 0 Å². The van der Waals surface area contributed by atoms with Crippen LogP contribution in [-0.2, 0) is 0 Å². The van der Waals surface area contributed by atoms with E-state index in [1.807, 2.05) is 19.1 Å². The Morgan fingerprint density at radius 2 is 1.83 bits per heavy atom. The zero-order valence-electron chi connectivity index (χ0n) is 15.0. The normalized spacial score (nSPS) is 20.1. The Hall–Kier alpha value is -1.12. The van der Waals surface area contributed by atoms with E-state index in [4.69, 9.17) is 0 Å². The largest absolute Gasteiger partial charge is 0.393 e. The van der Waals surface area contributed by atoms with Crippen LogP contribution in [0.5, 0.6) is 0 Å². The van der Waals surface area contributed by atoms with Crippen LogP contribution in [0.4, 0.5) is 0 Å². The molecule has 3 atom stereocenters. The van der Waals surface area contributed by atoms with Crippen LogP contribution in [0.25, 0.3) is 0 Å². The molecule has 2 N–H and O–H groups in total. The summed E-state index contributed by atoms with van der Waals surface area (Å²) < 4.78 is 0. The minimum atomic E-state index is -0.323. The van der Waals surface area contributed by atoms with Gasteiger partial charge in [0.25, 0.3) is 0 Å². The number of unbranched alkanes of at least 4 members (excludes halogenated alkanes) is 1. The molecule has 1 aliphatic carbocycles. The van der Waals surface area contributed by atoms with Gasteiger partial charge in [-0.15, -0.1) is 0 Å². The molecule has 3 unspecified atom stereocenters. The fraction of sp³-hybridized carbons (Fsp3) is 0.619. The van der Waals surface area contributed by atoms with Crippen LogP contribution >= 0.6 is 0 Å². The Balaban J connectivity index is 2.75. The van der Waals surface area contributed by atoms with Crippen molar-refractivity contribution < 1.29 is 10.2 Å². The van der Waals surface area contributed by atoms with Gasteiger partial charge in [-0.1, -0.05) is 50.3 Å². The van der Waals surface area contributed by atoms with Gasteiger partial charge in [0.2, 0.25) is 0 Å². The van der Waals surface area contributed by atoms with E-state index >= 15 is 0 Å². The molecule has 0 amide bonds. The van der Waals surface area contributed by atoms with Gasteiger partial charge in [0.15, 0.2) is 0 Å². The first-order valence-corrected chi connectivity index (χ1v) is 9.04. The summed E-state index contributed by atoms with van der Waals surface area (Å²) in [5.41, 5.74) is 2.10. The van der Waals surface area contributed by atoms with Crippen molar-refractivity contribution in [2.75, 3.05) is 0 Å². The van der Waals surface area contributed by atoms with E-state index in [0.29, 0.717) is 18.3 Å². The molecule has 130 valence electrons. The maximum Gasteiger partial charge on any atom is 0.0546 e. The van der Waals surface area contributed by atoms with E-state index in [2.05, 4.69) is 31.7 Å². The molecular weight excluding hydrogens is 284 g/mol. The first-order chi connectivity index (χ1) is 11.0. The lowest BCUT2D eigenvalue weighted by Gasteiger charge is -2.18. The third kappa shape index (κ3) is 8.34. The van der Waals surface area contributed by atoms with Gasteiger partial charge in [0, 0.05) is 0 Å². The first-order valence-electron chi connectivity index (χ1n) is 9.04. The molecule has 2 heteroatoms. The standard InChI is InChI=1S/C21H34O2/c1-5-6-7-11-19(16(2)9-8-10-17(3)22)14-15-21(18(4)23)20-12-13-20/h7-9,11,14,17-18,20-23H,2,5-6,10,12-13,15H2,1,3-4H3/b9-8-,11-7-,19-14+. The van der Waals surface area contributed by atoms with Crippen molar-refractivity contribution in [2.45, 2.75) is 71.5 Å². The molecule has 0 bridgehead atoms. The van der Waals surface area contributed by atoms with Crippen molar-refractivity contribution in [2.24, 2.45) is 11.8 Å². The smallest absolute Gasteiger partial charge is 0.0546 e. The molecule has 0 spiro atoms. The number of allylic oxidation sites excluding steroid dienone is 6. The third-order valence-electron chi connectivity index (χ3n) is 4.38. The van der Waals surface area contributed by atoms with Crippen LogP contribution in [0.1, 0.15) is 59.3 Å². The van der Waals surface area contributed by atoms with Gasteiger partial charge in [-0.3, -0.25) is 0 Å². The van der Waals surface area contributed by atoms with Crippen molar-refractivity contribution >= 4 is 0 Å². The van der Waals surface area contributed by atoms with Crippen molar-refractivity contribution in [3.63, 3.8) is 0 Å². The summed E-state index contributed by atoms with van der Waals surface area (Å²) in [5, 5.41) is 19.3. The predicted molar refractivity (Wildman–Crippen MR) is 99.2 cm³/mol. The molecule has 1 saturated carbocycles. The van der Waals surface area contributed by atoms with Crippen LogP contribution in [-0.4, -0.2) is 22.4 Å². The Morgan fingerprint density at radius 1 is 1.13 bits per heavy atom. The zero-order valence-corrected chi connectivity index (χ0v) is 15.0. The summed E-state index contributed by atoms with van der Waals surface area (Å²) in [6.07, 6.45) is 16.2. The number of hydrogen-bond donors (Lipinski definition) is 2. The third-order valence-corrected chi connectivity index (χ3v) is 4.38. The highest BCUT2D eigenvalue weighted by molar-refractivity contribution is 5.44. The highest BCUT2D eigenvalue weighted by atomic mass is 16.3. The molecule has 23 heavy (non-hydrogen) atoms. The predicted octanol–water partition coefficient (Wildman–Crippen LogP) is 4.95. The lowest BCUT2D eigenvalue weighted by molar-refractivity contribution is 0.114. The summed E-state index contributed by atoms with van der Waals surface area (Å²) in [4.78, 5) is 0. The Bertz CT molecular complexity index is 435. The monoisotopic (exact) mass is 318 g/mol. The number of hydrogen-bond acceptors (Lipinski definition) is 2. The molecule has 1 rings (SSSR count). The summed E-state index contributed by atoms with van der Waals surface area (Å²) in [6, 6.07) is 0. The molecule has 0 aliphatic heterocycles. The molecule has 0 aromatic carbocycles. The zero-order chi connectivity index (χ0) is 17.2. The lowest BCUT2D eigenvalue weighted by atomic mass is 9.92. The highest BCUT2D eigenvalue weighted by Gasteiger charge is 2.33. The second kappa shape index (κ2) is 10.6. The van der Waals surface area contributed by atoms with Gasteiger partial charge in [-0.2, -0.15) is 0 Å². The molecule has 0 saturated heterocycles. The van der Waals surface area contributed by atoms with Crippen molar-refractivity contribution in [1.82, 2.24) is 0 Å². The molecule has 0 aromatic heterocycles. The van der Waals surface area contributed by atoms with E-state index in [9.17, 15) is 10.2 Å².